The lowest BCUT2D eigenvalue weighted by Crippen LogP contribution is -2.36. The van der Waals surface area contributed by atoms with E-state index in [1.807, 2.05) is 24.3 Å². The molecule has 0 aliphatic carbocycles. The van der Waals surface area contributed by atoms with Crippen LogP contribution in [0.3, 0.4) is 0 Å². The molecule has 1 aliphatic rings. The molecule has 17 heavy (non-hydrogen) atoms. The zero-order valence-corrected chi connectivity index (χ0v) is 10.6. The molecule has 92 valence electrons. The third-order valence-corrected chi connectivity index (χ3v) is 3.38. The summed E-state index contributed by atoms with van der Waals surface area (Å²) >= 11 is 5.85. The van der Waals surface area contributed by atoms with Crippen molar-refractivity contribution in [1.29, 1.82) is 0 Å². The molecule has 0 bridgehead atoms. The molecule has 0 radical (unpaired) electrons. The Hall–Kier alpha value is -1.06. The summed E-state index contributed by atoms with van der Waals surface area (Å²) in [5.74, 6) is 0.163. The molecule has 1 aromatic rings. The largest absolute Gasteiger partial charge is 0.352 e. The van der Waals surface area contributed by atoms with Gasteiger partial charge < -0.3 is 10.6 Å². The van der Waals surface area contributed by atoms with Crippen molar-refractivity contribution in [2.24, 2.45) is 0 Å². The van der Waals surface area contributed by atoms with Gasteiger partial charge in [-0.3, -0.25) is 4.79 Å². The fourth-order valence-electron chi connectivity index (χ4n) is 2.02. The van der Waals surface area contributed by atoms with Crippen LogP contribution in [0.4, 0.5) is 0 Å². The SMILES string of the molecule is C[C@H](NCC1CCC(=O)N1)c1ccc(Cl)cc1. The Kier molecular flexibility index (Phi) is 4.02. The maximum atomic E-state index is 11.1. The van der Waals surface area contributed by atoms with Crippen LogP contribution in [0.25, 0.3) is 0 Å². The lowest BCUT2D eigenvalue weighted by molar-refractivity contribution is -0.119. The molecule has 1 aliphatic heterocycles. The van der Waals surface area contributed by atoms with E-state index in [4.69, 9.17) is 11.6 Å². The van der Waals surface area contributed by atoms with Crippen molar-refractivity contribution in [3.8, 4) is 0 Å². The van der Waals surface area contributed by atoms with Crippen molar-refractivity contribution in [2.45, 2.75) is 31.8 Å². The number of nitrogens with one attached hydrogen (secondary N) is 2. The Labute approximate surface area is 107 Å². The van der Waals surface area contributed by atoms with Gasteiger partial charge in [-0.25, -0.2) is 0 Å². The molecule has 1 fully saturated rings. The van der Waals surface area contributed by atoms with E-state index >= 15 is 0 Å². The second-order valence-corrected chi connectivity index (χ2v) is 4.92. The number of carbonyl (C=O) groups excluding carboxylic acids is 1. The summed E-state index contributed by atoms with van der Waals surface area (Å²) in [7, 11) is 0. The van der Waals surface area contributed by atoms with Crippen molar-refractivity contribution in [1.82, 2.24) is 10.6 Å². The summed E-state index contributed by atoms with van der Waals surface area (Å²) in [4.78, 5) is 11.1. The highest BCUT2D eigenvalue weighted by atomic mass is 35.5. The number of rotatable bonds is 4. The number of carbonyl (C=O) groups is 1. The van der Waals surface area contributed by atoms with E-state index in [0.29, 0.717) is 6.42 Å². The molecule has 1 aromatic carbocycles. The van der Waals surface area contributed by atoms with Gasteiger partial charge in [0.1, 0.15) is 0 Å². The Bertz CT molecular complexity index is 391. The Balaban J connectivity index is 1.82. The summed E-state index contributed by atoms with van der Waals surface area (Å²) in [6.07, 6.45) is 1.58. The van der Waals surface area contributed by atoms with Crippen LogP contribution in [0.5, 0.6) is 0 Å². The standard InChI is InChI=1S/C13H17ClN2O/c1-9(10-2-4-11(14)5-3-10)15-8-12-6-7-13(17)16-12/h2-5,9,12,15H,6-8H2,1H3,(H,16,17)/t9-,12?/m0/s1. The Morgan fingerprint density at radius 3 is 2.76 bits per heavy atom. The van der Waals surface area contributed by atoms with Crippen LogP contribution in [0.1, 0.15) is 31.4 Å². The fourth-order valence-corrected chi connectivity index (χ4v) is 2.14. The van der Waals surface area contributed by atoms with Crippen LogP contribution in [0.15, 0.2) is 24.3 Å². The smallest absolute Gasteiger partial charge is 0.220 e. The number of amides is 1. The molecule has 2 N–H and O–H groups in total. The predicted molar refractivity (Wildman–Crippen MR) is 69.0 cm³/mol. The third kappa shape index (κ3) is 3.45. The summed E-state index contributed by atoms with van der Waals surface area (Å²) in [6, 6.07) is 8.38. The highest BCUT2D eigenvalue weighted by Crippen LogP contribution is 2.16. The zero-order chi connectivity index (χ0) is 12.3. The van der Waals surface area contributed by atoms with Crippen molar-refractivity contribution in [3.63, 3.8) is 0 Å². The minimum Gasteiger partial charge on any atom is -0.352 e. The van der Waals surface area contributed by atoms with E-state index in [0.717, 1.165) is 18.0 Å². The first-order valence-corrected chi connectivity index (χ1v) is 6.31. The van der Waals surface area contributed by atoms with Crippen molar-refractivity contribution in [3.05, 3.63) is 34.9 Å². The van der Waals surface area contributed by atoms with Crippen molar-refractivity contribution in [2.75, 3.05) is 6.54 Å². The molecule has 3 nitrogen and oxygen atoms in total. The lowest BCUT2D eigenvalue weighted by atomic mass is 10.1. The van der Waals surface area contributed by atoms with E-state index in [1.165, 1.54) is 5.56 Å². The molecular weight excluding hydrogens is 236 g/mol. The first-order valence-electron chi connectivity index (χ1n) is 5.93. The second-order valence-electron chi connectivity index (χ2n) is 4.48. The number of hydrogen-bond acceptors (Lipinski definition) is 2. The predicted octanol–water partition coefficient (Wildman–Crippen LogP) is 2.27. The second kappa shape index (κ2) is 5.52. The van der Waals surface area contributed by atoms with Gasteiger partial charge in [0.25, 0.3) is 0 Å². The average molecular weight is 253 g/mol. The topological polar surface area (TPSA) is 41.1 Å². The molecule has 1 amide bonds. The van der Waals surface area contributed by atoms with Gasteiger partial charge in [-0.05, 0) is 31.0 Å². The highest BCUT2D eigenvalue weighted by molar-refractivity contribution is 6.30. The minimum atomic E-state index is 0.163. The van der Waals surface area contributed by atoms with Gasteiger partial charge in [-0.15, -0.1) is 0 Å². The molecule has 1 saturated heterocycles. The lowest BCUT2D eigenvalue weighted by Gasteiger charge is -2.17. The van der Waals surface area contributed by atoms with Crippen LogP contribution in [0.2, 0.25) is 5.02 Å². The quantitative estimate of drug-likeness (QED) is 0.863. The zero-order valence-electron chi connectivity index (χ0n) is 9.87. The molecule has 4 heteroatoms. The van der Waals surface area contributed by atoms with Crippen LogP contribution in [-0.4, -0.2) is 18.5 Å². The molecule has 0 saturated carbocycles. The summed E-state index contributed by atoms with van der Waals surface area (Å²) in [5, 5.41) is 7.12. The number of hydrogen-bond donors (Lipinski definition) is 2. The van der Waals surface area contributed by atoms with Crippen LogP contribution < -0.4 is 10.6 Å². The fraction of sp³-hybridized carbons (Fsp3) is 0.462. The van der Waals surface area contributed by atoms with Gasteiger partial charge in [0, 0.05) is 30.1 Å². The van der Waals surface area contributed by atoms with Crippen LogP contribution >= 0.6 is 11.6 Å². The molecule has 0 aromatic heterocycles. The Morgan fingerprint density at radius 2 is 2.18 bits per heavy atom. The van der Waals surface area contributed by atoms with Gasteiger partial charge >= 0.3 is 0 Å². The molecular formula is C13H17ClN2O. The summed E-state index contributed by atoms with van der Waals surface area (Å²) < 4.78 is 0. The molecule has 0 spiro atoms. The van der Waals surface area contributed by atoms with Crippen molar-refractivity contribution >= 4 is 17.5 Å². The molecule has 1 heterocycles. The van der Waals surface area contributed by atoms with Gasteiger partial charge in [-0.2, -0.15) is 0 Å². The minimum absolute atomic E-state index is 0.163. The number of benzene rings is 1. The maximum absolute atomic E-state index is 11.1. The van der Waals surface area contributed by atoms with Gasteiger partial charge in [0.15, 0.2) is 0 Å². The first kappa shape index (κ1) is 12.4. The van der Waals surface area contributed by atoms with Crippen molar-refractivity contribution < 1.29 is 4.79 Å². The Morgan fingerprint density at radius 1 is 1.47 bits per heavy atom. The first-order chi connectivity index (χ1) is 8.15. The van der Waals surface area contributed by atoms with E-state index < -0.39 is 0 Å². The normalized spacial score (nSPS) is 21.3. The molecule has 1 unspecified atom stereocenters. The molecule has 2 rings (SSSR count). The van der Waals surface area contributed by atoms with E-state index in [-0.39, 0.29) is 18.0 Å². The maximum Gasteiger partial charge on any atom is 0.220 e. The molecule has 2 atom stereocenters. The van der Waals surface area contributed by atoms with Crippen LogP contribution in [-0.2, 0) is 4.79 Å². The number of halogens is 1. The highest BCUT2D eigenvalue weighted by Gasteiger charge is 2.20. The van der Waals surface area contributed by atoms with E-state index in [2.05, 4.69) is 17.6 Å². The van der Waals surface area contributed by atoms with E-state index in [9.17, 15) is 4.79 Å². The van der Waals surface area contributed by atoms with Crippen LogP contribution in [0, 0.1) is 0 Å². The van der Waals surface area contributed by atoms with Gasteiger partial charge in [-0.1, -0.05) is 23.7 Å². The van der Waals surface area contributed by atoms with E-state index in [1.54, 1.807) is 0 Å². The summed E-state index contributed by atoms with van der Waals surface area (Å²) in [5.41, 5.74) is 1.21. The third-order valence-electron chi connectivity index (χ3n) is 3.13. The van der Waals surface area contributed by atoms with Gasteiger partial charge in [0.05, 0.1) is 0 Å². The monoisotopic (exact) mass is 252 g/mol. The van der Waals surface area contributed by atoms with Gasteiger partial charge in [0.2, 0.25) is 5.91 Å². The average Bonchev–Trinajstić information content (AvgIpc) is 2.73. The summed E-state index contributed by atoms with van der Waals surface area (Å²) in [6.45, 7) is 2.93.